The first kappa shape index (κ1) is 13.6. The van der Waals surface area contributed by atoms with Crippen molar-refractivity contribution in [1.82, 2.24) is 0 Å². The molecule has 0 heterocycles. The zero-order valence-electron chi connectivity index (χ0n) is 9.74. The topological polar surface area (TPSA) is 0 Å². The summed E-state index contributed by atoms with van der Waals surface area (Å²) in [6.07, 6.45) is 0.728. The molecule has 2 aromatic rings. The van der Waals surface area contributed by atoms with Crippen molar-refractivity contribution in [1.29, 1.82) is 0 Å². The van der Waals surface area contributed by atoms with Crippen molar-refractivity contribution in [2.45, 2.75) is 12.3 Å². The van der Waals surface area contributed by atoms with Gasteiger partial charge in [-0.15, -0.1) is 11.6 Å². The first-order valence-electron chi connectivity index (χ1n) is 5.76. The fourth-order valence-electron chi connectivity index (χ4n) is 1.98. The minimum Gasteiger partial charge on any atom is -0.207 e. The zero-order chi connectivity index (χ0) is 13.0. The lowest BCUT2D eigenvalue weighted by Gasteiger charge is -2.16. The number of hydrogen-bond donors (Lipinski definition) is 0. The van der Waals surface area contributed by atoms with E-state index in [0.29, 0.717) is 11.4 Å². The Morgan fingerprint density at radius 3 is 2.39 bits per heavy atom. The molecule has 0 aliphatic heterocycles. The largest absolute Gasteiger partial charge is 0.207 e. The van der Waals surface area contributed by atoms with Crippen molar-refractivity contribution in [3.63, 3.8) is 0 Å². The highest BCUT2D eigenvalue weighted by Gasteiger charge is 2.16. The quantitative estimate of drug-likeness (QED) is 0.681. The maximum Gasteiger partial charge on any atom is 0.126 e. The van der Waals surface area contributed by atoms with E-state index in [1.165, 1.54) is 6.07 Å². The smallest absolute Gasteiger partial charge is 0.126 e. The van der Waals surface area contributed by atoms with Crippen LogP contribution in [-0.2, 0) is 6.42 Å². The van der Waals surface area contributed by atoms with Gasteiger partial charge in [-0.3, -0.25) is 0 Å². The van der Waals surface area contributed by atoms with Gasteiger partial charge in [0.15, 0.2) is 0 Å². The van der Waals surface area contributed by atoms with Gasteiger partial charge in [0.2, 0.25) is 0 Å². The molecular formula is C15H13BrClF. The van der Waals surface area contributed by atoms with E-state index in [1.807, 2.05) is 30.3 Å². The van der Waals surface area contributed by atoms with Gasteiger partial charge < -0.3 is 0 Å². The number of alkyl halides is 1. The van der Waals surface area contributed by atoms with Gasteiger partial charge in [0.05, 0.1) is 0 Å². The molecule has 0 bridgehead atoms. The number of halogens is 3. The molecule has 0 spiro atoms. The monoisotopic (exact) mass is 326 g/mol. The van der Waals surface area contributed by atoms with Gasteiger partial charge in [-0.1, -0.05) is 52.3 Å². The Hall–Kier alpha value is -0.860. The van der Waals surface area contributed by atoms with Crippen molar-refractivity contribution in [3.05, 3.63) is 69.9 Å². The van der Waals surface area contributed by atoms with Crippen LogP contribution in [0.4, 0.5) is 4.39 Å². The van der Waals surface area contributed by atoms with E-state index in [0.717, 1.165) is 16.5 Å². The predicted molar refractivity (Wildman–Crippen MR) is 77.7 cm³/mol. The van der Waals surface area contributed by atoms with E-state index < -0.39 is 0 Å². The molecule has 0 aliphatic rings. The third-order valence-electron chi connectivity index (χ3n) is 2.96. The first-order valence-corrected chi connectivity index (χ1v) is 7.09. The summed E-state index contributed by atoms with van der Waals surface area (Å²) < 4.78 is 14.8. The van der Waals surface area contributed by atoms with E-state index in [-0.39, 0.29) is 11.7 Å². The van der Waals surface area contributed by atoms with Gasteiger partial charge in [-0.25, -0.2) is 4.39 Å². The van der Waals surface area contributed by atoms with Gasteiger partial charge in [0.25, 0.3) is 0 Å². The summed E-state index contributed by atoms with van der Waals surface area (Å²) in [6, 6.07) is 14.8. The summed E-state index contributed by atoms with van der Waals surface area (Å²) >= 11 is 9.50. The van der Waals surface area contributed by atoms with Gasteiger partial charge in [-0.05, 0) is 29.7 Å². The SMILES string of the molecule is Fc1ccccc1C(CCl)Cc1ccccc1Br. The molecule has 0 saturated carbocycles. The average molecular weight is 328 g/mol. The summed E-state index contributed by atoms with van der Waals surface area (Å²) in [6.45, 7) is 0. The van der Waals surface area contributed by atoms with Gasteiger partial charge in [0, 0.05) is 16.3 Å². The van der Waals surface area contributed by atoms with Crippen LogP contribution in [0.3, 0.4) is 0 Å². The molecule has 3 heteroatoms. The van der Waals surface area contributed by atoms with Crippen LogP contribution in [0.2, 0.25) is 0 Å². The standard InChI is InChI=1S/C15H13BrClF/c16-14-7-3-1-5-11(14)9-12(10-17)13-6-2-4-8-15(13)18/h1-8,12H,9-10H2. The van der Waals surface area contributed by atoms with Crippen molar-refractivity contribution in [2.24, 2.45) is 0 Å². The van der Waals surface area contributed by atoms with Crippen LogP contribution < -0.4 is 0 Å². The third kappa shape index (κ3) is 3.12. The summed E-state index contributed by atoms with van der Waals surface area (Å²) in [5.74, 6) is 0.212. The lowest BCUT2D eigenvalue weighted by atomic mass is 9.93. The Labute approximate surface area is 120 Å². The van der Waals surface area contributed by atoms with Crippen LogP contribution in [0.25, 0.3) is 0 Å². The van der Waals surface area contributed by atoms with Crippen LogP contribution in [0, 0.1) is 5.82 Å². The van der Waals surface area contributed by atoms with Crippen molar-refractivity contribution >= 4 is 27.5 Å². The van der Waals surface area contributed by atoms with E-state index in [1.54, 1.807) is 12.1 Å². The summed E-state index contributed by atoms with van der Waals surface area (Å²) in [5, 5.41) is 0. The van der Waals surface area contributed by atoms with E-state index >= 15 is 0 Å². The molecule has 0 N–H and O–H groups in total. The Kier molecular flexibility index (Phi) is 4.79. The molecule has 0 aliphatic carbocycles. The summed E-state index contributed by atoms with van der Waals surface area (Å²) in [5.41, 5.74) is 1.83. The highest BCUT2D eigenvalue weighted by atomic mass is 79.9. The molecule has 1 unspecified atom stereocenters. The van der Waals surface area contributed by atoms with Gasteiger partial charge >= 0.3 is 0 Å². The fourth-order valence-corrected chi connectivity index (χ4v) is 2.71. The van der Waals surface area contributed by atoms with E-state index in [2.05, 4.69) is 15.9 Å². The molecule has 1 atom stereocenters. The predicted octanol–water partition coefficient (Wildman–Crippen LogP) is 5.15. The van der Waals surface area contributed by atoms with Crippen LogP contribution >= 0.6 is 27.5 Å². The Balaban J connectivity index is 2.26. The first-order chi connectivity index (χ1) is 8.72. The van der Waals surface area contributed by atoms with Crippen LogP contribution in [-0.4, -0.2) is 5.88 Å². The zero-order valence-corrected chi connectivity index (χ0v) is 12.1. The maximum absolute atomic E-state index is 13.8. The minimum absolute atomic E-state index is 0.00781. The van der Waals surface area contributed by atoms with E-state index in [4.69, 9.17) is 11.6 Å². The number of hydrogen-bond acceptors (Lipinski definition) is 0. The molecule has 0 aromatic heterocycles. The average Bonchev–Trinajstić information content (AvgIpc) is 2.39. The van der Waals surface area contributed by atoms with Crippen LogP contribution in [0.15, 0.2) is 53.0 Å². The second-order valence-corrected chi connectivity index (χ2v) is 5.33. The highest BCUT2D eigenvalue weighted by molar-refractivity contribution is 9.10. The molecule has 0 nitrogen and oxygen atoms in total. The third-order valence-corrected chi connectivity index (χ3v) is 4.10. The molecular weight excluding hydrogens is 315 g/mol. The van der Waals surface area contributed by atoms with Gasteiger partial charge in [0.1, 0.15) is 5.82 Å². The van der Waals surface area contributed by atoms with Crippen molar-refractivity contribution in [3.8, 4) is 0 Å². The molecule has 0 fully saturated rings. The lowest BCUT2D eigenvalue weighted by Crippen LogP contribution is -2.07. The Morgan fingerprint density at radius 1 is 1.06 bits per heavy atom. The number of rotatable bonds is 4. The minimum atomic E-state index is -0.185. The Morgan fingerprint density at radius 2 is 1.72 bits per heavy atom. The normalized spacial score (nSPS) is 12.4. The molecule has 0 saturated heterocycles. The lowest BCUT2D eigenvalue weighted by molar-refractivity contribution is 0.589. The second-order valence-electron chi connectivity index (χ2n) is 4.17. The second kappa shape index (κ2) is 6.35. The van der Waals surface area contributed by atoms with E-state index in [9.17, 15) is 4.39 Å². The van der Waals surface area contributed by atoms with Crippen LogP contribution in [0.1, 0.15) is 17.0 Å². The molecule has 2 aromatic carbocycles. The maximum atomic E-state index is 13.8. The highest BCUT2D eigenvalue weighted by Crippen LogP contribution is 2.27. The molecule has 18 heavy (non-hydrogen) atoms. The molecule has 0 amide bonds. The fraction of sp³-hybridized carbons (Fsp3) is 0.200. The Bertz CT molecular complexity index is 527. The van der Waals surface area contributed by atoms with Crippen LogP contribution in [0.5, 0.6) is 0 Å². The van der Waals surface area contributed by atoms with Gasteiger partial charge in [-0.2, -0.15) is 0 Å². The molecule has 94 valence electrons. The van der Waals surface area contributed by atoms with Crippen molar-refractivity contribution in [2.75, 3.05) is 5.88 Å². The van der Waals surface area contributed by atoms with Crippen molar-refractivity contribution < 1.29 is 4.39 Å². The number of benzene rings is 2. The molecule has 2 rings (SSSR count). The summed E-state index contributed by atoms with van der Waals surface area (Å²) in [4.78, 5) is 0. The summed E-state index contributed by atoms with van der Waals surface area (Å²) in [7, 11) is 0. The molecule has 0 radical (unpaired) electrons.